The fraction of sp³-hybridized carbons (Fsp3) is 0.650. The molecular formula is C20H28BF2N5O4S. The summed E-state index contributed by atoms with van der Waals surface area (Å²) in [6, 6.07) is 0.358. The molecule has 2 aliphatic rings. The summed E-state index contributed by atoms with van der Waals surface area (Å²) in [4.78, 5) is 21.9. The molecule has 4 rings (SSSR count). The molecular weight excluding hydrogens is 455 g/mol. The lowest BCUT2D eigenvalue weighted by molar-refractivity contribution is 0.0256. The van der Waals surface area contributed by atoms with Crippen LogP contribution in [-0.4, -0.2) is 71.2 Å². The van der Waals surface area contributed by atoms with Crippen LogP contribution in [0.1, 0.15) is 50.6 Å². The van der Waals surface area contributed by atoms with Gasteiger partial charge in [-0.25, -0.2) is 26.5 Å². The minimum absolute atomic E-state index is 0.0746. The molecule has 2 aromatic rings. The first-order valence-corrected chi connectivity index (χ1v) is 12.9. The Morgan fingerprint density at radius 1 is 1.30 bits per heavy atom. The van der Waals surface area contributed by atoms with Gasteiger partial charge in [0.15, 0.2) is 7.85 Å². The van der Waals surface area contributed by atoms with Crippen molar-refractivity contribution in [1.82, 2.24) is 18.8 Å². The van der Waals surface area contributed by atoms with Crippen molar-refractivity contribution in [3.63, 3.8) is 0 Å². The van der Waals surface area contributed by atoms with E-state index in [1.165, 1.54) is 21.3 Å². The molecule has 2 N–H and O–H groups in total. The second-order valence-electron chi connectivity index (χ2n) is 9.44. The second-order valence-corrected chi connectivity index (χ2v) is 11.4. The van der Waals surface area contributed by atoms with Crippen molar-refractivity contribution in [2.45, 2.75) is 62.5 Å². The van der Waals surface area contributed by atoms with E-state index in [0.29, 0.717) is 53.0 Å². The number of fused-ring (bicyclic) bond motifs is 1. The van der Waals surface area contributed by atoms with E-state index >= 15 is 0 Å². The van der Waals surface area contributed by atoms with Gasteiger partial charge in [-0.3, -0.25) is 9.36 Å². The van der Waals surface area contributed by atoms with Gasteiger partial charge in [0.25, 0.3) is 5.56 Å². The van der Waals surface area contributed by atoms with Crippen LogP contribution in [0, 0.1) is 0 Å². The first-order valence-electron chi connectivity index (χ1n) is 11.0. The number of anilines is 1. The van der Waals surface area contributed by atoms with Crippen LogP contribution >= 0.6 is 0 Å². The summed E-state index contributed by atoms with van der Waals surface area (Å²) >= 11 is 0. The third kappa shape index (κ3) is 4.76. The standard InChI is InChI=1S/C20H28BF2N5O4S/c1-19(30)7-3-4-15(19)28-16-12(10-14(17(28)29)20(21,22)23)11-24-18(26-16)25-13-5-8-27(9-6-13)33(2,31)32/h10-11,13,15,30H,3-9,21H2,1-2H3,(H,24,25,26)/t15-,19-/m0/s1. The monoisotopic (exact) mass is 483 g/mol. The van der Waals surface area contributed by atoms with E-state index in [1.807, 2.05) is 0 Å². The van der Waals surface area contributed by atoms with Gasteiger partial charge >= 0.3 is 0 Å². The summed E-state index contributed by atoms with van der Waals surface area (Å²) in [5, 5.41) is 14.3. The Morgan fingerprint density at radius 2 is 1.97 bits per heavy atom. The highest BCUT2D eigenvalue weighted by Crippen LogP contribution is 2.40. The average molecular weight is 483 g/mol. The molecule has 2 fully saturated rings. The van der Waals surface area contributed by atoms with Crippen LogP contribution in [0.3, 0.4) is 0 Å². The summed E-state index contributed by atoms with van der Waals surface area (Å²) in [5.74, 6) is -3.13. The number of halogens is 2. The smallest absolute Gasteiger partial charge is 0.260 e. The van der Waals surface area contributed by atoms with Gasteiger partial charge in [0.2, 0.25) is 21.8 Å². The Balaban J connectivity index is 1.73. The van der Waals surface area contributed by atoms with Gasteiger partial charge < -0.3 is 10.4 Å². The Labute approximate surface area is 191 Å². The highest BCUT2D eigenvalue weighted by molar-refractivity contribution is 7.88. The molecule has 0 spiro atoms. The molecule has 33 heavy (non-hydrogen) atoms. The lowest BCUT2D eigenvalue weighted by Crippen LogP contribution is -2.42. The summed E-state index contributed by atoms with van der Waals surface area (Å²) < 4.78 is 54.5. The third-order valence-electron chi connectivity index (χ3n) is 6.69. The number of aliphatic hydroxyl groups is 1. The van der Waals surface area contributed by atoms with Crippen molar-refractivity contribution in [3.8, 4) is 0 Å². The lowest BCUT2D eigenvalue weighted by atomic mass is 9.90. The zero-order chi connectivity index (χ0) is 24.2. The fourth-order valence-electron chi connectivity index (χ4n) is 4.85. The minimum atomic E-state index is -3.36. The molecule has 3 heterocycles. The van der Waals surface area contributed by atoms with E-state index in [2.05, 4.69) is 15.3 Å². The van der Waals surface area contributed by atoms with Crippen LogP contribution in [0.5, 0.6) is 0 Å². The van der Waals surface area contributed by atoms with Crippen LogP contribution in [0.2, 0.25) is 0 Å². The average Bonchev–Trinajstić information content (AvgIpc) is 3.05. The first kappa shape index (κ1) is 24.0. The maximum absolute atomic E-state index is 14.2. The summed E-state index contributed by atoms with van der Waals surface area (Å²) in [5.41, 5.74) is -2.57. The molecule has 1 saturated heterocycles. The molecule has 0 bridgehead atoms. The number of hydrogen-bond donors (Lipinski definition) is 2. The van der Waals surface area contributed by atoms with Crippen LogP contribution in [0.25, 0.3) is 11.0 Å². The number of rotatable bonds is 5. The lowest BCUT2D eigenvalue weighted by Gasteiger charge is -2.31. The van der Waals surface area contributed by atoms with Crippen LogP contribution in [0.15, 0.2) is 17.1 Å². The van der Waals surface area contributed by atoms with Crippen LogP contribution in [-0.2, 0) is 15.8 Å². The van der Waals surface area contributed by atoms with E-state index in [1.54, 1.807) is 6.92 Å². The van der Waals surface area contributed by atoms with Gasteiger partial charge in [0.05, 0.1) is 23.5 Å². The Kier molecular flexibility index (Phi) is 6.03. The van der Waals surface area contributed by atoms with E-state index in [4.69, 9.17) is 0 Å². The maximum Gasteiger partial charge on any atom is 0.260 e. The van der Waals surface area contributed by atoms with E-state index in [0.717, 1.165) is 6.07 Å². The number of hydrogen-bond acceptors (Lipinski definition) is 7. The van der Waals surface area contributed by atoms with Gasteiger partial charge in [0.1, 0.15) is 5.65 Å². The number of nitrogens with one attached hydrogen (secondary N) is 1. The summed E-state index contributed by atoms with van der Waals surface area (Å²) in [7, 11) is -2.57. The molecule has 2 aromatic heterocycles. The zero-order valence-corrected chi connectivity index (χ0v) is 19.7. The predicted octanol–water partition coefficient (Wildman–Crippen LogP) is 0.786. The van der Waals surface area contributed by atoms with Crippen molar-refractivity contribution >= 4 is 34.9 Å². The van der Waals surface area contributed by atoms with Gasteiger partial charge in [-0.2, -0.15) is 4.98 Å². The second kappa shape index (κ2) is 8.28. The van der Waals surface area contributed by atoms with Crippen molar-refractivity contribution in [2.75, 3.05) is 24.7 Å². The molecule has 13 heteroatoms. The molecule has 0 radical (unpaired) electrons. The quantitative estimate of drug-likeness (QED) is 0.604. The summed E-state index contributed by atoms with van der Waals surface area (Å²) in [6.07, 6.45) is 5.27. The maximum atomic E-state index is 14.2. The molecule has 1 saturated carbocycles. The van der Waals surface area contributed by atoms with Crippen molar-refractivity contribution in [2.24, 2.45) is 0 Å². The largest absolute Gasteiger partial charge is 0.388 e. The van der Waals surface area contributed by atoms with Crippen molar-refractivity contribution < 1.29 is 22.3 Å². The Hall–Kier alpha value is -2.12. The fourth-order valence-corrected chi connectivity index (χ4v) is 5.72. The number of sulfonamides is 1. The van der Waals surface area contributed by atoms with Crippen molar-refractivity contribution in [3.05, 3.63) is 28.2 Å². The molecule has 0 unspecified atom stereocenters. The van der Waals surface area contributed by atoms with Gasteiger partial charge in [0, 0.05) is 30.7 Å². The Morgan fingerprint density at radius 3 is 2.52 bits per heavy atom. The molecule has 2 atom stereocenters. The van der Waals surface area contributed by atoms with E-state index in [9.17, 15) is 27.1 Å². The SMILES string of the molecule is BC(F)(F)c1cc2cnc(NC3CCN(S(C)(=O)=O)CC3)nc2n([C@H]2CCC[C@]2(C)O)c1=O. The van der Waals surface area contributed by atoms with E-state index < -0.39 is 38.6 Å². The minimum Gasteiger partial charge on any atom is -0.388 e. The number of aromatic nitrogens is 3. The molecule has 0 amide bonds. The third-order valence-corrected chi connectivity index (χ3v) is 8.00. The molecule has 180 valence electrons. The van der Waals surface area contributed by atoms with Crippen LogP contribution in [0.4, 0.5) is 14.7 Å². The predicted molar refractivity (Wildman–Crippen MR) is 123 cm³/mol. The molecule has 9 nitrogen and oxygen atoms in total. The number of pyridine rings is 1. The normalized spacial score (nSPS) is 25.5. The van der Waals surface area contributed by atoms with Gasteiger partial charge in [-0.1, -0.05) is 0 Å². The van der Waals surface area contributed by atoms with Crippen molar-refractivity contribution in [1.29, 1.82) is 0 Å². The highest BCUT2D eigenvalue weighted by Gasteiger charge is 2.41. The number of alkyl halides is 2. The number of piperidine rings is 1. The molecule has 1 aliphatic carbocycles. The highest BCUT2D eigenvalue weighted by atomic mass is 32.2. The Bertz CT molecular complexity index is 1220. The first-order chi connectivity index (χ1) is 15.3. The summed E-state index contributed by atoms with van der Waals surface area (Å²) in [6.45, 7) is 2.35. The molecule has 1 aliphatic heterocycles. The van der Waals surface area contributed by atoms with E-state index in [-0.39, 0.29) is 23.0 Å². The number of nitrogens with zero attached hydrogens (tertiary/aromatic N) is 4. The van der Waals surface area contributed by atoms with Gasteiger partial charge in [-0.15, -0.1) is 0 Å². The molecule has 0 aromatic carbocycles. The topological polar surface area (TPSA) is 117 Å². The zero-order valence-electron chi connectivity index (χ0n) is 18.9. The van der Waals surface area contributed by atoms with Gasteiger partial charge in [-0.05, 0) is 45.1 Å². The van der Waals surface area contributed by atoms with Crippen LogP contribution < -0.4 is 10.9 Å².